The highest BCUT2D eigenvalue weighted by Gasteiger charge is 2.28. The Balaban J connectivity index is 1.47. The average molecular weight is 557 g/mol. The van der Waals surface area contributed by atoms with Crippen molar-refractivity contribution in [3.8, 4) is 23.1 Å². The first-order valence-electron chi connectivity index (χ1n) is 11.8. The molecule has 39 heavy (non-hydrogen) atoms. The number of rotatable bonds is 7. The number of nitriles is 1. The van der Waals surface area contributed by atoms with Crippen LogP contribution in [0.25, 0.3) is 11.3 Å². The first-order chi connectivity index (χ1) is 18.6. The van der Waals surface area contributed by atoms with Gasteiger partial charge in [0, 0.05) is 37.3 Å². The zero-order valence-electron chi connectivity index (χ0n) is 20.7. The van der Waals surface area contributed by atoms with Crippen LogP contribution in [0.5, 0.6) is 5.75 Å². The van der Waals surface area contributed by atoms with Crippen LogP contribution in [0.2, 0.25) is 5.02 Å². The number of nitrogens with one attached hydrogen (secondary N) is 1. The summed E-state index contributed by atoms with van der Waals surface area (Å²) in [4.78, 5) is 42.8. The summed E-state index contributed by atoms with van der Waals surface area (Å²) in [7, 11) is 1.46. The van der Waals surface area contributed by atoms with E-state index < -0.39 is 29.9 Å². The molecule has 0 unspecified atom stereocenters. The van der Waals surface area contributed by atoms with E-state index in [0.29, 0.717) is 25.9 Å². The van der Waals surface area contributed by atoms with Crippen LogP contribution in [0.4, 0.5) is 14.5 Å². The molecular weight excluding hydrogens is 534 g/mol. The molecule has 0 saturated carbocycles. The molecule has 202 valence electrons. The summed E-state index contributed by atoms with van der Waals surface area (Å²) in [6.07, 6.45) is 2.18. The van der Waals surface area contributed by atoms with Crippen LogP contribution in [0.1, 0.15) is 33.8 Å². The van der Waals surface area contributed by atoms with E-state index in [9.17, 15) is 23.2 Å². The Labute approximate surface area is 226 Å². The first-order valence-corrected chi connectivity index (χ1v) is 12.2. The number of hydrogen-bond acceptors (Lipinski definition) is 6. The van der Waals surface area contributed by atoms with Gasteiger partial charge in [-0.1, -0.05) is 11.6 Å². The number of nitrogens with two attached hydrogens (primary N) is 1. The molecule has 1 fully saturated rings. The number of hydrogen-bond donors (Lipinski definition) is 2. The second-order valence-electron chi connectivity index (χ2n) is 8.83. The van der Waals surface area contributed by atoms with Crippen molar-refractivity contribution in [2.75, 3.05) is 25.0 Å². The number of piperidine rings is 1. The van der Waals surface area contributed by atoms with E-state index in [1.165, 1.54) is 48.1 Å². The van der Waals surface area contributed by atoms with Crippen molar-refractivity contribution in [2.24, 2.45) is 18.7 Å². The topological polar surface area (TPSA) is 143 Å². The van der Waals surface area contributed by atoms with Crippen molar-refractivity contribution >= 4 is 35.0 Å². The molecule has 1 aromatic heterocycles. The quantitative estimate of drug-likeness (QED) is 0.456. The molecule has 13 heteroatoms. The molecule has 0 radical (unpaired) electrons. The number of imidazole rings is 1. The second kappa shape index (κ2) is 11.5. The molecule has 3 N–H and O–H groups in total. The number of primary amides is 1. The largest absolute Gasteiger partial charge is 0.476 e. The number of benzene rings is 2. The molecule has 0 atom stereocenters. The van der Waals surface area contributed by atoms with E-state index in [2.05, 4.69) is 10.3 Å². The third-order valence-electron chi connectivity index (χ3n) is 6.45. The van der Waals surface area contributed by atoms with Gasteiger partial charge < -0.3 is 25.3 Å². The molecule has 2 heterocycles. The highest BCUT2D eigenvalue weighted by Crippen LogP contribution is 2.30. The third-order valence-corrected chi connectivity index (χ3v) is 6.76. The molecule has 3 aromatic rings. The van der Waals surface area contributed by atoms with Gasteiger partial charge in [0.1, 0.15) is 6.07 Å². The fourth-order valence-electron chi connectivity index (χ4n) is 4.31. The van der Waals surface area contributed by atoms with Gasteiger partial charge >= 0.3 is 0 Å². The summed E-state index contributed by atoms with van der Waals surface area (Å²) in [5.41, 5.74) is 5.85. The van der Waals surface area contributed by atoms with Crippen LogP contribution in [0.15, 0.2) is 36.5 Å². The monoisotopic (exact) mass is 556 g/mol. The van der Waals surface area contributed by atoms with E-state index in [1.54, 1.807) is 11.0 Å². The van der Waals surface area contributed by atoms with Crippen LogP contribution in [0.3, 0.4) is 0 Å². The minimum atomic E-state index is -1.27. The fraction of sp³-hybridized carbons (Fsp3) is 0.269. The summed E-state index contributed by atoms with van der Waals surface area (Å²) in [6.45, 7) is 0.312. The maximum absolute atomic E-state index is 14.7. The lowest BCUT2D eigenvalue weighted by Gasteiger charge is -2.30. The van der Waals surface area contributed by atoms with Crippen LogP contribution >= 0.6 is 11.6 Å². The standard InChI is InChI=1S/C26H23ClF2N6O4/c1-34-19(17-4-5-20(39-11-8-30)22(29)21(17)28)13-32-24(34)25(37)33-15-2-3-16(18(27)12-15)26(38)35-9-6-14(7-10-35)23(31)36/h2-5,12-14H,6-7,9-11H2,1H3,(H2,31,36)(H,33,37). The Hall–Kier alpha value is -4.50. The second-order valence-corrected chi connectivity index (χ2v) is 9.24. The summed E-state index contributed by atoms with van der Waals surface area (Å²) < 4.78 is 35.2. The third kappa shape index (κ3) is 5.68. The van der Waals surface area contributed by atoms with Gasteiger partial charge in [-0.25, -0.2) is 9.37 Å². The van der Waals surface area contributed by atoms with E-state index >= 15 is 0 Å². The lowest BCUT2D eigenvalue weighted by Crippen LogP contribution is -2.41. The summed E-state index contributed by atoms with van der Waals surface area (Å²) in [5.74, 6) is -4.57. The molecule has 2 aromatic carbocycles. The van der Waals surface area contributed by atoms with Crippen molar-refractivity contribution in [3.05, 3.63) is 64.6 Å². The molecular formula is C26H23ClF2N6O4. The molecule has 0 bridgehead atoms. The van der Waals surface area contributed by atoms with Crippen LogP contribution in [-0.4, -0.2) is 51.9 Å². The predicted molar refractivity (Wildman–Crippen MR) is 137 cm³/mol. The summed E-state index contributed by atoms with van der Waals surface area (Å²) in [5, 5.41) is 11.3. The summed E-state index contributed by atoms with van der Waals surface area (Å²) >= 11 is 6.35. The molecule has 0 spiro atoms. The highest BCUT2D eigenvalue weighted by atomic mass is 35.5. The predicted octanol–water partition coefficient (Wildman–Crippen LogP) is 3.51. The number of anilines is 1. The number of amides is 3. The zero-order valence-corrected chi connectivity index (χ0v) is 21.5. The van der Waals surface area contributed by atoms with Crippen molar-refractivity contribution in [1.29, 1.82) is 5.26 Å². The van der Waals surface area contributed by atoms with Crippen LogP contribution in [-0.2, 0) is 11.8 Å². The number of carbonyl (C=O) groups excluding carboxylic acids is 3. The van der Waals surface area contributed by atoms with E-state index in [0.717, 1.165) is 0 Å². The molecule has 1 aliphatic rings. The average Bonchev–Trinajstić information content (AvgIpc) is 3.30. The minimum absolute atomic E-state index is 0.0942. The van der Waals surface area contributed by atoms with Gasteiger partial charge in [-0.2, -0.15) is 9.65 Å². The highest BCUT2D eigenvalue weighted by molar-refractivity contribution is 6.34. The Kier molecular flexibility index (Phi) is 8.11. The number of carbonyl (C=O) groups is 3. The molecule has 0 aliphatic carbocycles. The number of ether oxygens (including phenoxy) is 1. The maximum Gasteiger partial charge on any atom is 0.291 e. The number of nitrogens with zero attached hydrogens (tertiary/aromatic N) is 4. The minimum Gasteiger partial charge on any atom is -0.476 e. The number of aromatic nitrogens is 2. The zero-order chi connectivity index (χ0) is 28.3. The molecule has 1 saturated heterocycles. The van der Waals surface area contributed by atoms with E-state index in [1.807, 2.05) is 0 Å². The van der Waals surface area contributed by atoms with Gasteiger partial charge in [0.15, 0.2) is 24.0 Å². The Morgan fingerprint density at radius 3 is 2.56 bits per heavy atom. The summed E-state index contributed by atoms with van der Waals surface area (Å²) in [6, 6.07) is 8.53. The van der Waals surface area contributed by atoms with Gasteiger partial charge in [-0.05, 0) is 43.2 Å². The maximum atomic E-state index is 14.7. The van der Waals surface area contributed by atoms with Gasteiger partial charge in [0.05, 0.1) is 22.5 Å². The number of halogens is 3. The Morgan fingerprint density at radius 1 is 1.21 bits per heavy atom. The van der Waals surface area contributed by atoms with Crippen molar-refractivity contribution < 1.29 is 27.9 Å². The van der Waals surface area contributed by atoms with Gasteiger partial charge in [-0.15, -0.1) is 0 Å². The first kappa shape index (κ1) is 27.5. The molecule has 1 aliphatic heterocycles. The lowest BCUT2D eigenvalue weighted by molar-refractivity contribution is -0.123. The Bertz CT molecular complexity index is 1490. The molecule has 4 rings (SSSR count). The van der Waals surface area contributed by atoms with Crippen LogP contribution < -0.4 is 15.8 Å². The van der Waals surface area contributed by atoms with Gasteiger partial charge in [0.2, 0.25) is 11.7 Å². The van der Waals surface area contributed by atoms with Crippen LogP contribution in [0, 0.1) is 28.9 Å². The normalized spacial score (nSPS) is 13.6. The van der Waals surface area contributed by atoms with Crippen molar-refractivity contribution in [1.82, 2.24) is 14.5 Å². The lowest BCUT2D eigenvalue weighted by atomic mass is 9.96. The van der Waals surface area contributed by atoms with Crippen molar-refractivity contribution in [2.45, 2.75) is 12.8 Å². The SMILES string of the molecule is Cn1c(-c2ccc(OCC#N)c(F)c2F)cnc1C(=O)Nc1ccc(C(=O)N2CCC(C(N)=O)CC2)c(Cl)c1. The smallest absolute Gasteiger partial charge is 0.291 e. The van der Waals surface area contributed by atoms with Crippen molar-refractivity contribution in [3.63, 3.8) is 0 Å². The fourth-order valence-corrected chi connectivity index (χ4v) is 4.57. The van der Waals surface area contributed by atoms with E-state index in [4.69, 9.17) is 27.3 Å². The molecule has 3 amide bonds. The van der Waals surface area contributed by atoms with Gasteiger partial charge in [-0.3, -0.25) is 14.4 Å². The van der Waals surface area contributed by atoms with E-state index in [-0.39, 0.29) is 51.1 Å². The Morgan fingerprint density at radius 2 is 1.92 bits per heavy atom. The van der Waals surface area contributed by atoms with Gasteiger partial charge in [0.25, 0.3) is 11.8 Å². The molecule has 10 nitrogen and oxygen atoms in total. The number of likely N-dealkylation sites (tertiary alicyclic amines) is 1.